The maximum Gasteiger partial charge on any atom is 0.227 e. The minimum atomic E-state index is 0.605. The third-order valence-electron chi connectivity index (χ3n) is 9.68. The van der Waals surface area contributed by atoms with Crippen molar-refractivity contribution < 1.29 is 8.83 Å². The molecule has 0 N–H and O–H groups in total. The van der Waals surface area contributed by atoms with Gasteiger partial charge in [-0.2, -0.15) is 0 Å². The second kappa shape index (κ2) is 11.9. The number of nitrogens with zero attached hydrogens (tertiary/aromatic N) is 2. The predicted octanol–water partition coefficient (Wildman–Crippen LogP) is 13.4. The Morgan fingerprint density at radius 1 is 0.353 bits per heavy atom. The van der Waals surface area contributed by atoms with Gasteiger partial charge < -0.3 is 13.7 Å². The fourth-order valence-electron chi connectivity index (χ4n) is 7.08. The second-order valence-corrected chi connectivity index (χ2v) is 12.8. The molecule has 10 aromatic rings. The second-order valence-electron chi connectivity index (χ2n) is 12.8. The standard InChI is InChI=1S/C47H30N2O2/c1-3-9-31(10-4-1)33-15-21-38(22-16-33)49(40-25-19-32-11-7-8-14-36(32)27-40)39-23-17-34(18-24-39)37-20-26-44-41(28-37)42-29-43-46(30-45(42)50-44)51-47(48-43)35-12-5-2-6-13-35/h1-30H. The van der Waals surface area contributed by atoms with E-state index in [2.05, 4.69) is 150 Å². The van der Waals surface area contributed by atoms with Crippen molar-refractivity contribution in [3.8, 4) is 33.7 Å². The van der Waals surface area contributed by atoms with Crippen LogP contribution in [0.3, 0.4) is 0 Å². The van der Waals surface area contributed by atoms with E-state index in [-0.39, 0.29) is 0 Å². The van der Waals surface area contributed by atoms with Crippen LogP contribution in [0.1, 0.15) is 0 Å². The summed E-state index contributed by atoms with van der Waals surface area (Å²) in [6.45, 7) is 0. The first-order chi connectivity index (χ1) is 25.2. The van der Waals surface area contributed by atoms with E-state index in [0.717, 1.165) is 61.2 Å². The molecule has 0 fully saturated rings. The lowest BCUT2D eigenvalue weighted by Crippen LogP contribution is -2.09. The number of hydrogen-bond acceptors (Lipinski definition) is 4. The Kier molecular flexibility index (Phi) is 6.78. The number of fused-ring (bicyclic) bond motifs is 5. The zero-order valence-corrected chi connectivity index (χ0v) is 27.5. The molecule has 240 valence electrons. The molecule has 0 aliphatic rings. The fraction of sp³-hybridized carbons (Fsp3) is 0. The van der Waals surface area contributed by atoms with Gasteiger partial charge in [-0.3, -0.25) is 0 Å². The molecule has 8 aromatic carbocycles. The zero-order chi connectivity index (χ0) is 33.7. The molecule has 10 rings (SSSR count). The summed E-state index contributed by atoms with van der Waals surface area (Å²) in [5, 5.41) is 4.50. The van der Waals surface area contributed by atoms with E-state index < -0.39 is 0 Å². The van der Waals surface area contributed by atoms with Crippen LogP contribution in [0.15, 0.2) is 191 Å². The van der Waals surface area contributed by atoms with Gasteiger partial charge in [0.1, 0.15) is 16.7 Å². The van der Waals surface area contributed by atoms with Crippen molar-refractivity contribution in [1.82, 2.24) is 4.98 Å². The van der Waals surface area contributed by atoms with Gasteiger partial charge in [0.05, 0.1) is 0 Å². The molecule has 0 atom stereocenters. The normalized spacial score (nSPS) is 11.5. The van der Waals surface area contributed by atoms with E-state index in [9.17, 15) is 0 Å². The zero-order valence-electron chi connectivity index (χ0n) is 27.5. The molecule has 0 amide bonds. The maximum absolute atomic E-state index is 6.29. The average Bonchev–Trinajstić information content (AvgIpc) is 3.78. The average molecular weight is 655 g/mol. The Morgan fingerprint density at radius 3 is 1.65 bits per heavy atom. The minimum absolute atomic E-state index is 0.605. The lowest BCUT2D eigenvalue weighted by molar-refractivity contribution is 0.617. The third kappa shape index (κ3) is 5.22. The highest BCUT2D eigenvalue weighted by Crippen LogP contribution is 2.40. The largest absolute Gasteiger partial charge is 0.456 e. The lowest BCUT2D eigenvalue weighted by Gasteiger charge is -2.26. The van der Waals surface area contributed by atoms with Crippen molar-refractivity contribution in [3.05, 3.63) is 182 Å². The molecule has 0 bridgehead atoms. The van der Waals surface area contributed by atoms with E-state index in [1.54, 1.807) is 0 Å². The highest BCUT2D eigenvalue weighted by atomic mass is 16.4. The van der Waals surface area contributed by atoms with Gasteiger partial charge in [0, 0.05) is 39.5 Å². The Hall–Kier alpha value is -6.91. The quantitative estimate of drug-likeness (QED) is 0.179. The molecule has 2 aromatic heterocycles. The van der Waals surface area contributed by atoms with Gasteiger partial charge in [-0.25, -0.2) is 4.98 Å². The molecule has 51 heavy (non-hydrogen) atoms. The molecule has 0 aliphatic heterocycles. The smallest absolute Gasteiger partial charge is 0.227 e. The van der Waals surface area contributed by atoms with Gasteiger partial charge in [-0.1, -0.05) is 109 Å². The number of hydrogen-bond donors (Lipinski definition) is 0. The topological polar surface area (TPSA) is 42.4 Å². The fourth-order valence-corrected chi connectivity index (χ4v) is 7.08. The van der Waals surface area contributed by atoms with Gasteiger partial charge >= 0.3 is 0 Å². The molecule has 0 spiro atoms. The molecule has 4 heteroatoms. The van der Waals surface area contributed by atoms with Crippen molar-refractivity contribution in [3.63, 3.8) is 0 Å². The highest BCUT2D eigenvalue weighted by Gasteiger charge is 2.16. The summed E-state index contributed by atoms with van der Waals surface area (Å²) < 4.78 is 12.4. The van der Waals surface area contributed by atoms with Crippen LogP contribution in [0.5, 0.6) is 0 Å². The molecule has 0 saturated carbocycles. The van der Waals surface area contributed by atoms with E-state index in [1.807, 2.05) is 36.4 Å². The van der Waals surface area contributed by atoms with Crippen LogP contribution in [0, 0.1) is 0 Å². The van der Waals surface area contributed by atoms with Crippen molar-refractivity contribution in [2.75, 3.05) is 4.90 Å². The van der Waals surface area contributed by atoms with Crippen molar-refractivity contribution in [1.29, 1.82) is 0 Å². The van der Waals surface area contributed by atoms with E-state index >= 15 is 0 Å². The first-order valence-electron chi connectivity index (χ1n) is 17.1. The molecule has 2 heterocycles. The predicted molar refractivity (Wildman–Crippen MR) is 210 cm³/mol. The van der Waals surface area contributed by atoms with E-state index in [0.29, 0.717) is 11.5 Å². The molecule has 0 unspecified atom stereocenters. The van der Waals surface area contributed by atoms with Gasteiger partial charge in [0.15, 0.2) is 5.58 Å². The Balaban J connectivity index is 1.02. The summed E-state index contributed by atoms with van der Waals surface area (Å²) in [6, 6.07) is 63.7. The van der Waals surface area contributed by atoms with Crippen molar-refractivity contribution >= 4 is 60.9 Å². The molecule has 0 saturated heterocycles. The number of oxazole rings is 1. The number of rotatable bonds is 6. The SMILES string of the molecule is c1ccc(-c2ccc(N(c3ccc(-c4ccc5oc6cc7oc(-c8ccccc8)nc7cc6c5c4)cc3)c3ccc4ccccc4c3)cc2)cc1. The Morgan fingerprint density at radius 2 is 0.922 bits per heavy atom. The molecule has 0 radical (unpaired) electrons. The van der Waals surface area contributed by atoms with E-state index in [1.165, 1.54) is 21.9 Å². The molecular formula is C47H30N2O2. The molecule has 4 nitrogen and oxygen atoms in total. The van der Waals surface area contributed by atoms with Crippen LogP contribution >= 0.6 is 0 Å². The first-order valence-corrected chi connectivity index (χ1v) is 17.1. The number of furan rings is 1. The minimum Gasteiger partial charge on any atom is -0.456 e. The maximum atomic E-state index is 6.29. The summed E-state index contributed by atoms with van der Waals surface area (Å²) in [5.41, 5.74) is 12.0. The van der Waals surface area contributed by atoms with Crippen LogP contribution in [-0.2, 0) is 0 Å². The monoisotopic (exact) mass is 654 g/mol. The summed E-state index contributed by atoms with van der Waals surface area (Å²) in [5.74, 6) is 0.605. The van der Waals surface area contributed by atoms with Crippen molar-refractivity contribution in [2.45, 2.75) is 0 Å². The summed E-state index contributed by atoms with van der Waals surface area (Å²) >= 11 is 0. The van der Waals surface area contributed by atoms with E-state index in [4.69, 9.17) is 13.8 Å². The van der Waals surface area contributed by atoms with Gasteiger partial charge in [0.2, 0.25) is 5.89 Å². The number of anilines is 3. The summed E-state index contributed by atoms with van der Waals surface area (Å²) in [4.78, 5) is 7.12. The number of benzene rings is 8. The van der Waals surface area contributed by atoms with Crippen LogP contribution in [0.4, 0.5) is 17.1 Å². The van der Waals surface area contributed by atoms with Gasteiger partial charge in [-0.15, -0.1) is 0 Å². The highest BCUT2D eigenvalue weighted by molar-refractivity contribution is 6.10. The van der Waals surface area contributed by atoms with Gasteiger partial charge in [0.25, 0.3) is 0 Å². The third-order valence-corrected chi connectivity index (χ3v) is 9.68. The lowest BCUT2D eigenvalue weighted by atomic mass is 10.0. The first kappa shape index (κ1) is 29.0. The van der Waals surface area contributed by atoms with Gasteiger partial charge in [-0.05, 0) is 99.8 Å². The molecular weight excluding hydrogens is 625 g/mol. The summed E-state index contributed by atoms with van der Waals surface area (Å²) in [6.07, 6.45) is 0. The van der Waals surface area contributed by atoms with Crippen LogP contribution in [-0.4, -0.2) is 4.98 Å². The molecule has 0 aliphatic carbocycles. The Bertz CT molecular complexity index is 2840. The Labute approximate surface area is 294 Å². The summed E-state index contributed by atoms with van der Waals surface area (Å²) in [7, 11) is 0. The van der Waals surface area contributed by atoms with Crippen LogP contribution < -0.4 is 4.90 Å². The van der Waals surface area contributed by atoms with Crippen LogP contribution in [0.25, 0.3) is 77.5 Å². The number of aromatic nitrogens is 1. The van der Waals surface area contributed by atoms with Crippen molar-refractivity contribution in [2.24, 2.45) is 0 Å². The van der Waals surface area contributed by atoms with Crippen LogP contribution in [0.2, 0.25) is 0 Å².